The van der Waals surface area contributed by atoms with Crippen LogP contribution >= 0.6 is 23.4 Å². The van der Waals surface area contributed by atoms with E-state index in [0.29, 0.717) is 0 Å². The van der Waals surface area contributed by atoms with Crippen molar-refractivity contribution in [1.82, 2.24) is 0 Å². The van der Waals surface area contributed by atoms with Crippen LogP contribution in [0, 0.1) is 0 Å². The third-order valence-electron chi connectivity index (χ3n) is 2.14. The molecule has 0 radical (unpaired) electrons. The van der Waals surface area contributed by atoms with E-state index in [2.05, 4.69) is 0 Å². The maximum Gasteiger partial charge on any atom is 0.158 e. The largest absolute Gasteiger partial charge is 0.350 e. The highest BCUT2D eigenvalue weighted by Gasteiger charge is 2.15. The van der Waals surface area contributed by atoms with Crippen LogP contribution in [0.3, 0.4) is 0 Å². The van der Waals surface area contributed by atoms with Crippen LogP contribution in [0.15, 0.2) is 29.2 Å². The van der Waals surface area contributed by atoms with Crippen molar-refractivity contribution in [2.24, 2.45) is 0 Å². The molecule has 1 aliphatic rings. The van der Waals surface area contributed by atoms with Gasteiger partial charge in [-0.3, -0.25) is 0 Å². The third-order valence-corrected chi connectivity index (χ3v) is 3.69. The minimum Gasteiger partial charge on any atom is -0.350 e. The first-order valence-corrected chi connectivity index (χ1v) is 6.33. The van der Waals surface area contributed by atoms with E-state index < -0.39 is 0 Å². The van der Waals surface area contributed by atoms with Gasteiger partial charge in [0, 0.05) is 17.1 Å². The second-order valence-electron chi connectivity index (χ2n) is 3.24. The van der Waals surface area contributed by atoms with E-state index in [1.54, 1.807) is 11.8 Å². The highest BCUT2D eigenvalue weighted by molar-refractivity contribution is 7.99. The molecule has 0 bridgehead atoms. The summed E-state index contributed by atoms with van der Waals surface area (Å²) in [5.74, 6) is 0.967. The topological polar surface area (TPSA) is 18.5 Å². The van der Waals surface area contributed by atoms with E-state index in [-0.39, 0.29) is 6.29 Å². The number of halogens is 1. The third kappa shape index (κ3) is 3.38. The highest BCUT2D eigenvalue weighted by Crippen LogP contribution is 2.27. The van der Waals surface area contributed by atoms with Gasteiger partial charge in [-0.2, -0.15) is 0 Å². The van der Waals surface area contributed by atoms with E-state index >= 15 is 0 Å². The van der Waals surface area contributed by atoms with Gasteiger partial charge in [0.1, 0.15) is 0 Å². The summed E-state index contributed by atoms with van der Waals surface area (Å²) >= 11 is 7.78. The number of ether oxygens (including phenoxy) is 2. The molecule has 15 heavy (non-hydrogen) atoms. The first-order chi connectivity index (χ1) is 7.36. The molecule has 0 atom stereocenters. The summed E-state index contributed by atoms with van der Waals surface area (Å²) in [4.78, 5) is 1.12. The molecule has 1 aromatic carbocycles. The van der Waals surface area contributed by atoms with Gasteiger partial charge in [0.2, 0.25) is 0 Å². The van der Waals surface area contributed by atoms with Crippen molar-refractivity contribution >= 4 is 23.4 Å². The zero-order valence-corrected chi connectivity index (χ0v) is 9.89. The summed E-state index contributed by atoms with van der Waals surface area (Å²) in [7, 11) is 0. The lowest BCUT2D eigenvalue weighted by Crippen LogP contribution is -2.08. The van der Waals surface area contributed by atoms with Crippen LogP contribution in [0.4, 0.5) is 0 Å². The molecule has 2 nitrogen and oxygen atoms in total. The minimum atomic E-state index is -0.0139. The molecule has 1 aliphatic heterocycles. The summed E-state index contributed by atoms with van der Waals surface area (Å²) in [6.07, 6.45) is 0.899. The fraction of sp³-hybridized carbons (Fsp3) is 0.455. The number of rotatable bonds is 4. The number of benzene rings is 1. The van der Waals surface area contributed by atoms with Gasteiger partial charge in [0.25, 0.3) is 0 Å². The maximum absolute atomic E-state index is 6.04. The normalized spacial score (nSPS) is 17.1. The SMILES string of the molecule is Clc1ccccc1SCCC1OCCO1. The van der Waals surface area contributed by atoms with Crippen LogP contribution in [0.1, 0.15) is 6.42 Å². The van der Waals surface area contributed by atoms with E-state index in [4.69, 9.17) is 21.1 Å². The average Bonchev–Trinajstić information content (AvgIpc) is 2.74. The fourth-order valence-electron chi connectivity index (χ4n) is 1.40. The molecule has 1 aromatic rings. The summed E-state index contributed by atoms with van der Waals surface area (Å²) in [6, 6.07) is 7.88. The Labute approximate surface area is 98.9 Å². The van der Waals surface area contributed by atoms with E-state index in [9.17, 15) is 0 Å². The molecule has 0 N–H and O–H groups in total. The van der Waals surface area contributed by atoms with Crippen molar-refractivity contribution in [2.75, 3.05) is 19.0 Å². The molecule has 2 rings (SSSR count). The fourth-order valence-corrected chi connectivity index (χ4v) is 2.61. The Bertz CT molecular complexity index is 313. The van der Waals surface area contributed by atoms with Gasteiger partial charge in [0.15, 0.2) is 6.29 Å². The van der Waals surface area contributed by atoms with Gasteiger partial charge in [-0.05, 0) is 12.1 Å². The van der Waals surface area contributed by atoms with Crippen molar-refractivity contribution in [3.05, 3.63) is 29.3 Å². The first kappa shape index (κ1) is 11.3. The van der Waals surface area contributed by atoms with Crippen LogP contribution in [0.5, 0.6) is 0 Å². The molecule has 1 heterocycles. The van der Waals surface area contributed by atoms with Gasteiger partial charge in [0.05, 0.1) is 18.2 Å². The van der Waals surface area contributed by atoms with Gasteiger partial charge >= 0.3 is 0 Å². The molecule has 0 spiro atoms. The molecular formula is C11H13ClO2S. The number of hydrogen-bond donors (Lipinski definition) is 0. The van der Waals surface area contributed by atoms with Crippen LogP contribution in [0.25, 0.3) is 0 Å². The lowest BCUT2D eigenvalue weighted by molar-refractivity contribution is -0.0421. The lowest BCUT2D eigenvalue weighted by atomic mass is 10.4. The molecule has 1 saturated heterocycles. The van der Waals surface area contributed by atoms with Gasteiger partial charge in [-0.1, -0.05) is 23.7 Å². The molecule has 0 aromatic heterocycles. The second kappa shape index (κ2) is 5.75. The molecule has 0 saturated carbocycles. The number of hydrogen-bond acceptors (Lipinski definition) is 3. The van der Waals surface area contributed by atoms with Crippen molar-refractivity contribution in [2.45, 2.75) is 17.6 Å². The molecule has 0 aliphatic carbocycles. The Hall–Kier alpha value is -0.220. The van der Waals surface area contributed by atoms with Gasteiger partial charge in [-0.15, -0.1) is 11.8 Å². The van der Waals surface area contributed by atoms with Gasteiger partial charge in [-0.25, -0.2) is 0 Å². The predicted molar refractivity (Wildman–Crippen MR) is 62.5 cm³/mol. The standard InChI is InChI=1S/C11H13ClO2S/c12-9-3-1-2-4-10(9)15-8-5-11-13-6-7-14-11/h1-4,11H,5-8H2. The highest BCUT2D eigenvalue weighted by atomic mass is 35.5. The van der Waals surface area contributed by atoms with E-state index in [1.165, 1.54) is 0 Å². The molecule has 1 fully saturated rings. The minimum absolute atomic E-state index is 0.0139. The van der Waals surface area contributed by atoms with Crippen molar-refractivity contribution in [3.63, 3.8) is 0 Å². The van der Waals surface area contributed by atoms with Crippen molar-refractivity contribution in [3.8, 4) is 0 Å². The van der Waals surface area contributed by atoms with Crippen molar-refractivity contribution < 1.29 is 9.47 Å². The Morgan fingerprint density at radius 3 is 2.73 bits per heavy atom. The summed E-state index contributed by atoms with van der Waals surface area (Å²) < 4.78 is 10.7. The smallest absolute Gasteiger partial charge is 0.158 e. The first-order valence-electron chi connectivity index (χ1n) is 4.97. The Morgan fingerprint density at radius 2 is 2.00 bits per heavy atom. The Morgan fingerprint density at radius 1 is 1.27 bits per heavy atom. The molecule has 0 unspecified atom stereocenters. The zero-order chi connectivity index (χ0) is 10.5. The maximum atomic E-state index is 6.04. The average molecular weight is 245 g/mol. The van der Waals surface area contributed by atoms with Crippen LogP contribution in [-0.2, 0) is 9.47 Å². The van der Waals surface area contributed by atoms with Gasteiger partial charge < -0.3 is 9.47 Å². The predicted octanol–water partition coefficient (Wildman–Crippen LogP) is 3.20. The van der Waals surface area contributed by atoms with Crippen LogP contribution in [0.2, 0.25) is 5.02 Å². The summed E-state index contributed by atoms with van der Waals surface area (Å²) in [6.45, 7) is 1.45. The quantitative estimate of drug-likeness (QED) is 0.758. The monoisotopic (exact) mass is 244 g/mol. The Kier molecular flexibility index (Phi) is 4.32. The molecule has 0 amide bonds. The molecule has 4 heteroatoms. The zero-order valence-electron chi connectivity index (χ0n) is 8.32. The Balaban J connectivity index is 1.75. The lowest BCUT2D eigenvalue weighted by Gasteiger charge is -2.08. The van der Waals surface area contributed by atoms with E-state index in [0.717, 1.165) is 35.3 Å². The van der Waals surface area contributed by atoms with Crippen LogP contribution < -0.4 is 0 Å². The molecular weight excluding hydrogens is 232 g/mol. The van der Waals surface area contributed by atoms with E-state index in [1.807, 2.05) is 24.3 Å². The summed E-state index contributed by atoms with van der Waals surface area (Å²) in [5.41, 5.74) is 0. The van der Waals surface area contributed by atoms with Crippen molar-refractivity contribution in [1.29, 1.82) is 0 Å². The van der Waals surface area contributed by atoms with Crippen LogP contribution in [-0.4, -0.2) is 25.3 Å². The number of thioether (sulfide) groups is 1. The molecule has 82 valence electrons. The second-order valence-corrected chi connectivity index (χ2v) is 4.78. The summed E-state index contributed by atoms with van der Waals surface area (Å²) in [5, 5.41) is 0.816.